The third-order valence-electron chi connectivity index (χ3n) is 3.87. The zero-order chi connectivity index (χ0) is 11.8. The van der Waals surface area contributed by atoms with E-state index in [1.807, 2.05) is 6.07 Å². The number of aryl methyl sites for hydroxylation is 2. The van der Waals surface area contributed by atoms with Crippen molar-refractivity contribution < 1.29 is 4.79 Å². The van der Waals surface area contributed by atoms with E-state index in [4.69, 9.17) is 5.73 Å². The number of carbonyl (C=O) groups excluding carboxylic acids is 1. The van der Waals surface area contributed by atoms with E-state index < -0.39 is 0 Å². The van der Waals surface area contributed by atoms with Crippen molar-refractivity contribution in [3.63, 3.8) is 0 Å². The molecule has 0 bridgehead atoms. The molecule has 2 aliphatic rings. The lowest BCUT2D eigenvalue weighted by molar-refractivity contribution is 0.0910. The molecule has 1 saturated carbocycles. The maximum Gasteiger partial charge on any atom is 0.251 e. The molecule has 0 saturated heterocycles. The number of benzene rings is 1. The Morgan fingerprint density at radius 1 is 1.24 bits per heavy atom. The fourth-order valence-corrected chi connectivity index (χ4v) is 2.76. The summed E-state index contributed by atoms with van der Waals surface area (Å²) in [6.45, 7) is 0. The number of nitrogens with two attached hydrogens (primary N) is 1. The van der Waals surface area contributed by atoms with Crippen molar-refractivity contribution in [1.29, 1.82) is 0 Å². The van der Waals surface area contributed by atoms with Gasteiger partial charge in [0.1, 0.15) is 0 Å². The number of nitrogens with one attached hydrogen (secondary N) is 1. The molecule has 3 N–H and O–H groups in total. The Morgan fingerprint density at radius 2 is 2.00 bits per heavy atom. The molecule has 17 heavy (non-hydrogen) atoms. The predicted octanol–water partition coefficient (Wildman–Crippen LogP) is 1.39. The summed E-state index contributed by atoms with van der Waals surface area (Å²) >= 11 is 0. The van der Waals surface area contributed by atoms with Crippen LogP contribution in [-0.2, 0) is 12.8 Å². The van der Waals surface area contributed by atoms with Crippen LogP contribution in [-0.4, -0.2) is 18.0 Å². The fourth-order valence-electron chi connectivity index (χ4n) is 2.76. The first-order valence-electron chi connectivity index (χ1n) is 6.40. The van der Waals surface area contributed by atoms with E-state index in [1.54, 1.807) is 0 Å². The number of hydrogen-bond donors (Lipinski definition) is 2. The highest BCUT2D eigenvalue weighted by Gasteiger charge is 2.27. The van der Waals surface area contributed by atoms with E-state index in [0.29, 0.717) is 0 Å². The minimum absolute atomic E-state index is 0.0524. The molecule has 0 aromatic heterocycles. The summed E-state index contributed by atoms with van der Waals surface area (Å²) in [6.07, 6.45) is 5.32. The van der Waals surface area contributed by atoms with Gasteiger partial charge < -0.3 is 11.1 Å². The Bertz CT molecular complexity index is 450. The summed E-state index contributed by atoms with van der Waals surface area (Å²) in [5.74, 6) is 0.0524. The average Bonchev–Trinajstić information content (AvgIpc) is 2.73. The number of hydrogen-bond acceptors (Lipinski definition) is 2. The second-order valence-corrected chi connectivity index (χ2v) is 5.24. The molecule has 3 rings (SSSR count). The molecule has 3 heteroatoms. The molecule has 0 heterocycles. The lowest BCUT2D eigenvalue weighted by Gasteiger charge is -2.33. The van der Waals surface area contributed by atoms with Crippen molar-refractivity contribution in [2.24, 2.45) is 5.73 Å². The molecule has 90 valence electrons. The smallest absolute Gasteiger partial charge is 0.251 e. The number of carbonyl (C=O) groups is 1. The summed E-state index contributed by atoms with van der Waals surface area (Å²) < 4.78 is 0. The van der Waals surface area contributed by atoms with Crippen molar-refractivity contribution in [1.82, 2.24) is 5.32 Å². The molecule has 0 unspecified atom stereocenters. The van der Waals surface area contributed by atoms with Gasteiger partial charge in [-0.05, 0) is 55.4 Å². The number of fused-ring (bicyclic) bond motifs is 1. The molecular formula is C14H18N2O. The van der Waals surface area contributed by atoms with E-state index in [-0.39, 0.29) is 18.0 Å². The van der Waals surface area contributed by atoms with Crippen LogP contribution in [0.25, 0.3) is 0 Å². The third-order valence-corrected chi connectivity index (χ3v) is 3.87. The Kier molecular flexibility index (Phi) is 2.63. The van der Waals surface area contributed by atoms with Crippen molar-refractivity contribution in [2.45, 2.75) is 44.2 Å². The quantitative estimate of drug-likeness (QED) is 0.806. The Labute approximate surface area is 101 Å². The van der Waals surface area contributed by atoms with Gasteiger partial charge in [-0.1, -0.05) is 6.07 Å². The molecular weight excluding hydrogens is 212 g/mol. The van der Waals surface area contributed by atoms with E-state index in [1.165, 1.54) is 17.5 Å². The van der Waals surface area contributed by atoms with Crippen LogP contribution in [0.3, 0.4) is 0 Å². The highest BCUT2D eigenvalue weighted by molar-refractivity contribution is 5.94. The van der Waals surface area contributed by atoms with E-state index >= 15 is 0 Å². The lowest BCUT2D eigenvalue weighted by Crippen LogP contribution is -2.50. The van der Waals surface area contributed by atoms with E-state index in [9.17, 15) is 4.79 Å². The standard InChI is InChI=1S/C14H18N2O/c15-12-7-13(8-12)16-14(17)11-5-4-9-2-1-3-10(9)6-11/h4-6,12-13H,1-3,7-8,15H2,(H,16,17). The molecule has 1 fully saturated rings. The van der Waals surface area contributed by atoms with Crippen molar-refractivity contribution >= 4 is 5.91 Å². The van der Waals surface area contributed by atoms with Gasteiger partial charge in [-0.3, -0.25) is 4.79 Å². The van der Waals surface area contributed by atoms with Crippen LogP contribution in [0, 0.1) is 0 Å². The highest BCUT2D eigenvalue weighted by atomic mass is 16.1. The van der Waals surface area contributed by atoms with Crippen LogP contribution in [0.5, 0.6) is 0 Å². The fraction of sp³-hybridized carbons (Fsp3) is 0.500. The van der Waals surface area contributed by atoms with E-state index in [2.05, 4.69) is 17.4 Å². The van der Waals surface area contributed by atoms with Gasteiger partial charge in [0.25, 0.3) is 5.91 Å². The highest BCUT2D eigenvalue weighted by Crippen LogP contribution is 2.23. The van der Waals surface area contributed by atoms with Gasteiger partial charge in [-0.25, -0.2) is 0 Å². The summed E-state index contributed by atoms with van der Waals surface area (Å²) in [5.41, 5.74) is 9.26. The first kappa shape index (κ1) is 10.8. The van der Waals surface area contributed by atoms with Crippen molar-refractivity contribution in [3.8, 4) is 0 Å². The minimum atomic E-state index is 0.0524. The van der Waals surface area contributed by atoms with Gasteiger partial charge in [0.2, 0.25) is 0 Å². The van der Waals surface area contributed by atoms with Crippen LogP contribution in [0.2, 0.25) is 0 Å². The molecule has 0 atom stereocenters. The van der Waals surface area contributed by atoms with E-state index in [0.717, 1.165) is 31.2 Å². The van der Waals surface area contributed by atoms with Gasteiger partial charge in [-0.2, -0.15) is 0 Å². The minimum Gasteiger partial charge on any atom is -0.349 e. The van der Waals surface area contributed by atoms with Crippen molar-refractivity contribution in [2.75, 3.05) is 0 Å². The SMILES string of the molecule is NC1CC(NC(=O)c2ccc3c(c2)CCC3)C1. The van der Waals surface area contributed by atoms with Crippen LogP contribution in [0.1, 0.15) is 40.7 Å². The van der Waals surface area contributed by atoms with Crippen LogP contribution in [0.15, 0.2) is 18.2 Å². The van der Waals surface area contributed by atoms with Gasteiger partial charge in [-0.15, -0.1) is 0 Å². The van der Waals surface area contributed by atoms with Gasteiger partial charge >= 0.3 is 0 Å². The van der Waals surface area contributed by atoms with Gasteiger partial charge in [0.15, 0.2) is 0 Å². The summed E-state index contributed by atoms with van der Waals surface area (Å²) in [5, 5.41) is 3.04. The molecule has 0 aliphatic heterocycles. The number of rotatable bonds is 2. The first-order chi connectivity index (χ1) is 8.22. The van der Waals surface area contributed by atoms with Crippen LogP contribution >= 0.6 is 0 Å². The van der Waals surface area contributed by atoms with Crippen LogP contribution in [0.4, 0.5) is 0 Å². The largest absolute Gasteiger partial charge is 0.349 e. The predicted molar refractivity (Wildman–Crippen MR) is 66.9 cm³/mol. The maximum atomic E-state index is 12.0. The Morgan fingerprint density at radius 3 is 2.76 bits per heavy atom. The van der Waals surface area contributed by atoms with Crippen molar-refractivity contribution in [3.05, 3.63) is 34.9 Å². The zero-order valence-corrected chi connectivity index (χ0v) is 9.91. The summed E-state index contributed by atoms with van der Waals surface area (Å²) in [6, 6.07) is 6.66. The second-order valence-electron chi connectivity index (χ2n) is 5.24. The average molecular weight is 230 g/mol. The molecule has 3 nitrogen and oxygen atoms in total. The monoisotopic (exact) mass is 230 g/mol. The lowest BCUT2D eigenvalue weighted by atomic mass is 9.87. The second kappa shape index (κ2) is 4.15. The van der Waals surface area contributed by atoms with Gasteiger partial charge in [0, 0.05) is 17.6 Å². The topological polar surface area (TPSA) is 55.1 Å². The Hall–Kier alpha value is -1.35. The Balaban J connectivity index is 1.69. The third kappa shape index (κ3) is 2.07. The maximum absolute atomic E-state index is 12.0. The summed E-state index contributed by atoms with van der Waals surface area (Å²) in [7, 11) is 0. The normalized spacial score (nSPS) is 26.2. The molecule has 0 spiro atoms. The number of amides is 1. The van der Waals surface area contributed by atoms with Gasteiger partial charge in [0.05, 0.1) is 0 Å². The zero-order valence-electron chi connectivity index (χ0n) is 9.91. The molecule has 1 aromatic rings. The molecule has 2 aliphatic carbocycles. The molecule has 1 aromatic carbocycles. The van der Waals surface area contributed by atoms with Crippen LogP contribution < -0.4 is 11.1 Å². The molecule has 1 amide bonds. The molecule has 0 radical (unpaired) electrons. The summed E-state index contributed by atoms with van der Waals surface area (Å²) in [4.78, 5) is 12.0. The first-order valence-corrected chi connectivity index (χ1v) is 6.40.